The Morgan fingerprint density at radius 2 is 2.35 bits per heavy atom. The minimum atomic E-state index is -0.249. The Labute approximate surface area is 127 Å². The summed E-state index contributed by atoms with van der Waals surface area (Å²) in [6, 6.07) is 5.35. The Morgan fingerprint density at radius 1 is 1.60 bits per heavy atom. The zero-order valence-corrected chi connectivity index (χ0v) is 13.0. The lowest BCUT2D eigenvalue weighted by Crippen LogP contribution is -2.41. The van der Waals surface area contributed by atoms with Gasteiger partial charge in [-0.1, -0.05) is 22.0 Å². The van der Waals surface area contributed by atoms with Crippen LogP contribution in [0, 0.1) is 0 Å². The number of urea groups is 1. The van der Waals surface area contributed by atoms with Crippen molar-refractivity contribution >= 4 is 22.0 Å². The summed E-state index contributed by atoms with van der Waals surface area (Å²) in [7, 11) is 1.59. The highest BCUT2D eigenvalue weighted by Gasteiger charge is 2.12. The normalized spacial score (nSPS) is 9.95. The summed E-state index contributed by atoms with van der Waals surface area (Å²) in [6.07, 6.45) is 1.62. The lowest BCUT2D eigenvalue weighted by atomic mass is 10.2. The topological polar surface area (TPSA) is 61.8 Å². The number of nitrogens with zero attached hydrogens (tertiary/aromatic N) is 1. The number of hydrogen-bond donors (Lipinski definition) is 2. The summed E-state index contributed by atoms with van der Waals surface area (Å²) in [5.74, 6) is 0.714. The number of ether oxygens (including phenoxy) is 1. The van der Waals surface area contributed by atoms with E-state index < -0.39 is 0 Å². The molecule has 0 radical (unpaired) electrons. The third kappa shape index (κ3) is 4.86. The van der Waals surface area contributed by atoms with Crippen molar-refractivity contribution in [2.45, 2.75) is 6.54 Å². The Hall–Kier alpha value is -1.53. The smallest absolute Gasteiger partial charge is 0.318 e. The molecule has 6 heteroatoms. The summed E-state index contributed by atoms with van der Waals surface area (Å²) in [4.78, 5) is 13.5. The highest BCUT2D eigenvalue weighted by Crippen LogP contribution is 2.22. The van der Waals surface area contributed by atoms with Gasteiger partial charge in [-0.2, -0.15) is 0 Å². The van der Waals surface area contributed by atoms with Gasteiger partial charge in [0.05, 0.1) is 13.7 Å². The van der Waals surface area contributed by atoms with Crippen molar-refractivity contribution in [2.75, 3.05) is 26.8 Å². The molecule has 0 fully saturated rings. The number of nitrogens with one attached hydrogen (secondary N) is 1. The maximum absolute atomic E-state index is 12.0. The van der Waals surface area contributed by atoms with Crippen molar-refractivity contribution in [3.05, 3.63) is 40.9 Å². The largest absolute Gasteiger partial charge is 0.496 e. The summed E-state index contributed by atoms with van der Waals surface area (Å²) in [5.41, 5.74) is 0.873. The Balaban J connectivity index is 2.67. The van der Waals surface area contributed by atoms with E-state index in [0.29, 0.717) is 18.8 Å². The van der Waals surface area contributed by atoms with Gasteiger partial charge in [0.1, 0.15) is 5.75 Å². The Morgan fingerprint density at radius 3 is 2.95 bits per heavy atom. The number of amides is 2. The molecule has 0 aliphatic heterocycles. The van der Waals surface area contributed by atoms with E-state index in [-0.39, 0.29) is 19.2 Å². The molecular weight excluding hydrogens is 324 g/mol. The van der Waals surface area contributed by atoms with Crippen molar-refractivity contribution in [3.63, 3.8) is 0 Å². The van der Waals surface area contributed by atoms with Crippen LogP contribution in [0.15, 0.2) is 35.3 Å². The molecule has 0 unspecified atom stereocenters. The average Bonchev–Trinajstić information content (AvgIpc) is 2.44. The summed E-state index contributed by atoms with van der Waals surface area (Å²) in [6.45, 7) is 4.52. The molecule has 0 atom stereocenters. The van der Waals surface area contributed by atoms with Crippen LogP contribution in [0.2, 0.25) is 0 Å². The minimum absolute atomic E-state index is 0.0819. The molecule has 0 heterocycles. The lowest BCUT2D eigenvalue weighted by molar-refractivity contribution is 0.183. The molecule has 0 saturated carbocycles. The first-order valence-electron chi connectivity index (χ1n) is 6.19. The zero-order chi connectivity index (χ0) is 15.0. The molecule has 1 rings (SSSR count). The quantitative estimate of drug-likeness (QED) is 0.746. The van der Waals surface area contributed by atoms with Crippen LogP contribution in [0.3, 0.4) is 0 Å². The van der Waals surface area contributed by atoms with Crippen LogP contribution in [0.25, 0.3) is 0 Å². The molecule has 0 bridgehead atoms. The number of aliphatic hydroxyl groups is 1. The first-order valence-corrected chi connectivity index (χ1v) is 6.98. The maximum Gasteiger partial charge on any atom is 0.318 e. The maximum atomic E-state index is 12.0. The average molecular weight is 343 g/mol. The number of methoxy groups -OCH3 is 1. The van der Waals surface area contributed by atoms with Crippen LogP contribution >= 0.6 is 15.9 Å². The summed E-state index contributed by atoms with van der Waals surface area (Å²) >= 11 is 3.39. The first-order chi connectivity index (χ1) is 9.62. The fourth-order valence-electron chi connectivity index (χ4n) is 1.72. The zero-order valence-electron chi connectivity index (χ0n) is 11.4. The molecule has 2 amide bonds. The van der Waals surface area contributed by atoms with Crippen LogP contribution in [-0.4, -0.2) is 42.8 Å². The third-order valence-electron chi connectivity index (χ3n) is 2.68. The van der Waals surface area contributed by atoms with Gasteiger partial charge in [0.2, 0.25) is 0 Å². The molecule has 0 aliphatic carbocycles. The number of halogens is 1. The highest BCUT2D eigenvalue weighted by molar-refractivity contribution is 9.10. The number of benzene rings is 1. The van der Waals surface area contributed by atoms with Gasteiger partial charge in [0.15, 0.2) is 0 Å². The van der Waals surface area contributed by atoms with Gasteiger partial charge in [-0.3, -0.25) is 0 Å². The predicted octanol–water partition coefficient (Wildman–Crippen LogP) is 2.15. The predicted molar refractivity (Wildman–Crippen MR) is 81.8 cm³/mol. The fourth-order valence-corrected chi connectivity index (χ4v) is 2.13. The molecule has 110 valence electrons. The third-order valence-corrected chi connectivity index (χ3v) is 3.17. The molecule has 5 nitrogen and oxygen atoms in total. The minimum Gasteiger partial charge on any atom is -0.496 e. The van der Waals surface area contributed by atoms with Gasteiger partial charge < -0.3 is 20.1 Å². The van der Waals surface area contributed by atoms with Crippen LogP contribution in [0.1, 0.15) is 5.56 Å². The summed E-state index contributed by atoms with van der Waals surface area (Å²) < 4.78 is 6.16. The van der Waals surface area contributed by atoms with Crippen LogP contribution in [0.5, 0.6) is 5.75 Å². The Bertz CT molecular complexity index is 466. The molecule has 2 N–H and O–H groups in total. The fraction of sp³-hybridized carbons (Fsp3) is 0.357. The van der Waals surface area contributed by atoms with E-state index in [9.17, 15) is 4.79 Å². The van der Waals surface area contributed by atoms with E-state index in [0.717, 1.165) is 10.0 Å². The standard InChI is InChI=1S/C14H19BrN2O3/c1-3-6-17(7-8-18)14(19)16-10-11-9-12(15)4-5-13(11)20-2/h3-5,9,18H,1,6-8,10H2,2H3,(H,16,19). The highest BCUT2D eigenvalue weighted by atomic mass is 79.9. The van der Waals surface area contributed by atoms with Gasteiger partial charge in [-0.25, -0.2) is 4.79 Å². The molecule has 20 heavy (non-hydrogen) atoms. The van der Waals surface area contributed by atoms with Crippen LogP contribution < -0.4 is 10.1 Å². The van der Waals surface area contributed by atoms with Gasteiger partial charge in [-0.05, 0) is 18.2 Å². The van der Waals surface area contributed by atoms with Crippen molar-refractivity contribution < 1.29 is 14.6 Å². The van der Waals surface area contributed by atoms with Crippen molar-refractivity contribution in [1.29, 1.82) is 0 Å². The van der Waals surface area contributed by atoms with Crippen molar-refractivity contribution in [3.8, 4) is 5.75 Å². The van der Waals surface area contributed by atoms with E-state index >= 15 is 0 Å². The van der Waals surface area contributed by atoms with Crippen LogP contribution in [0.4, 0.5) is 4.79 Å². The second-order valence-corrected chi connectivity index (χ2v) is 4.99. The number of aliphatic hydroxyl groups excluding tert-OH is 1. The SMILES string of the molecule is C=CCN(CCO)C(=O)NCc1cc(Br)ccc1OC. The summed E-state index contributed by atoms with van der Waals surface area (Å²) in [5, 5.41) is 11.7. The number of hydrogen-bond acceptors (Lipinski definition) is 3. The van der Waals surface area contributed by atoms with Gasteiger partial charge in [0.25, 0.3) is 0 Å². The van der Waals surface area contributed by atoms with Crippen molar-refractivity contribution in [2.24, 2.45) is 0 Å². The van der Waals surface area contributed by atoms with E-state index in [1.54, 1.807) is 13.2 Å². The number of rotatable bonds is 7. The monoisotopic (exact) mass is 342 g/mol. The first kappa shape index (κ1) is 16.5. The van der Waals surface area contributed by atoms with E-state index in [1.165, 1.54) is 4.90 Å². The molecular formula is C14H19BrN2O3. The number of carbonyl (C=O) groups is 1. The Kier molecular flexibility index (Phi) is 7.11. The molecule has 1 aromatic carbocycles. The molecule has 1 aromatic rings. The second-order valence-electron chi connectivity index (χ2n) is 4.07. The van der Waals surface area contributed by atoms with E-state index in [4.69, 9.17) is 9.84 Å². The lowest BCUT2D eigenvalue weighted by Gasteiger charge is -2.21. The molecule has 0 aromatic heterocycles. The van der Waals surface area contributed by atoms with Gasteiger partial charge in [-0.15, -0.1) is 6.58 Å². The van der Waals surface area contributed by atoms with Gasteiger partial charge in [0, 0.05) is 29.7 Å². The molecule has 0 spiro atoms. The molecule has 0 aliphatic rings. The van der Waals surface area contributed by atoms with E-state index in [2.05, 4.69) is 27.8 Å². The van der Waals surface area contributed by atoms with Crippen LogP contribution in [-0.2, 0) is 6.54 Å². The van der Waals surface area contributed by atoms with E-state index in [1.807, 2.05) is 18.2 Å². The van der Waals surface area contributed by atoms with Crippen molar-refractivity contribution in [1.82, 2.24) is 10.2 Å². The molecule has 0 saturated heterocycles. The van der Waals surface area contributed by atoms with Gasteiger partial charge >= 0.3 is 6.03 Å². The number of carbonyl (C=O) groups excluding carboxylic acids is 1. The second kappa shape index (κ2) is 8.60.